The van der Waals surface area contributed by atoms with Gasteiger partial charge in [-0.05, 0) is 19.1 Å². The zero-order chi connectivity index (χ0) is 10.4. The molecule has 0 saturated heterocycles. The fourth-order valence-corrected chi connectivity index (χ4v) is 0.553. The van der Waals surface area contributed by atoms with Crippen molar-refractivity contribution in [3.05, 3.63) is 36.0 Å². The van der Waals surface area contributed by atoms with Gasteiger partial charge in [0.2, 0.25) is 0 Å². The molecule has 0 saturated carbocycles. The van der Waals surface area contributed by atoms with Crippen LogP contribution in [0, 0.1) is 0 Å². The highest BCUT2D eigenvalue weighted by atomic mass is 16.4. The van der Waals surface area contributed by atoms with E-state index in [4.69, 9.17) is 10.2 Å². The molecule has 4 heteroatoms. The predicted molar refractivity (Wildman–Crippen MR) is 47.3 cm³/mol. The predicted octanol–water partition coefficient (Wildman–Crippen LogP) is 1.21. The van der Waals surface area contributed by atoms with Gasteiger partial charge >= 0.3 is 11.9 Å². The van der Waals surface area contributed by atoms with Crippen LogP contribution in [0.15, 0.2) is 36.0 Å². The highest BCUT2D eigenvalue weighted by Crippen LogP contribution is 2.00. The van der Waals surface area contributed by atoms with Gasteiger partial charge in [0.05, 0.1) is 11.1 Å². The zero-order valence-electron chi connectivity index (χ0n) is 7.15. The summed E-state index contributed by atoms with van der Waals surface area (Å²) in [4.78, 5) is 20.7. The lowest BCUT2D eigenvalue weighted by atomic mass is 10.2. The zero-order valence-corrected chi connectivity index (χ0v) is 7.15. The van der Waals surface area contributed by atoms with E-state index in [2.05, 4.69) is 6.58 Å². The monoisotopic (exact) mass is 182 g/mol. The normalized spacial score (nSPS) is 11.6. The lowest BCUT2D eigenvalue weighted by Crippen LogP contribution is -1.99. The van der Waals surface area contributed by atoms with Crippen molar-refractivity contribution >= 4 is 11.9 Å². The van der Waals surface area contributed by atoms with E-state index in [0.717, 1.165) is 6.08 Å². The van der Waals surface area contributed by atoms with Crippen LogP contribution in [0.4, 0.5) is 0 Å². The molecule has 4 nitrogen and oxygen atoms in total. The number of hydrogen-bond acceptors (Lipinski definition) is 2. The minimum absolute atomic E-state index is 0.0300. The molecule has 0 heterocycles. The molecule has 0 aliphatic carbocycles. The summed E-state index contributed by atoms with van der Waals surface area (Å²) in [6.45, 7) is 4.77. The van der Waals surface area contributed by atoms with Crippen molar-refractivity contribution in [2.24, 2.45) is 0 Å². The van der Waals surface area contributed by atoms with Crippen LogP contribution >= 0.6 is 0 Å². The molecule has 0 aliphatic rings. The van der Waals surface area contributed by atoms with Crippen LogP contribution < -0.4 is 0 Å². The molecule has 0 rings (SSSR count). The Bertz CT molecular complexity index is 297. The van der Waals surface area contributed by atoms with Crippen molar-refractivity contribution in [1.82, 2.24) is 0 Å². The number of carbonyl (C=O) groups is 2. The second-order valence-electron chi connectivity index (χ2n) is 2.21. The number of allylic oxidation sites excluding steroid dienone is 1. The van der Waals surface area contributed by atoms with Gasteiger partial charge in [-0.3, -0.25) is 0 Å². The largest absolute Gasteiger partial charge is 0.478 e. The van der Waals surface area contributed by atoms with Gasteiger partial charge in [-0.1, -0.05) is 12.7 Å². The fraction of sp³-hybridized carbons (Fsp3) is 0.111. The summed E-state index contributed by atoms with van der Waals surface area (Å²) in [6, 6.07) is 0. The summed E-state index contributed by atoms with van der Waals surface area (Å²) in [5.41, 5.74) is -0.122. The van der Waals surface area contributed by atoms with E-state index in [-0.39, 0.29) is 11.1 Å². The van der Waals surface area contributed by atoms with Crippen molar-refractivity contribution in [2.45, 2.75) is 6.92 Å². The van der Waals surface area contributed by atoms with E-state index in [9.17, 15) is 9.59 Å². The number of hydrogen-bond donors (Lipinski definition) is 2. The number of rotatable bonds is 4. The Morgan fingerprint density at radius 3 is 2.00 bits per heavy atom. The highest BCUT2D eigenvalue weighted by molar-refractivity contribution is 5.92. The SMILES string of the molecule is C=C(/C=C\C(=C/C)C(=O)O)C(=O)O. The maximum absolute atomic E-state index is 10.4. The van der Waals surface area contributed by atoms with Crippen LogP contribution in [-0.2, 0) is 9.59 Å². The van der Waals surface area contributed by atoms with Crippen molar-refractivity contribution in [2.75, 3.05) is 0 Å². The molecule has 0 aliphatic heterocycles. The lowest BCUT2D eigenvalue weighted by Gasteiger charge is -1.92. The molecular formula is C9H10O4. The Morgan fingerprint density at radius 1 is 1.15 bits per heavy atom. The molecule has 13 heavy (non-hydrogen) atoms. The molecule has 0 spiro atoms. The Labute approximate surface area is 75.5 Å². The second kappa shape index (κ2) is 4.92. The fourth-order valence-electron chi connectivity index (χ4n) is 0.553. The van der Waals surface area contributed by atoms with Gasteiger partial charge in [0, 0.05) is 0 Å². The Kier molecular flexibility index (Phi) is 4.23. The van der Waals surface area contributed by atoms with Crippen LogP contribution in [0.3, 0.4) is 0 Å². The molecule has 0 aromatic rings. The van der Waals surface area contributed by atoms with E-state index in [0.29, 0.717) is 0 Å². The second-order valence-corrected chi connectivity index (χ2v) is 2.21. The quantitative estimate of drug-likeness (QED) is 0.506. The van der Waals surface area contributed by atoms with Gasteiger partial charge in [-0.2, -0.15) is 0 Å². The number of carboxylic acid groups (broad SMARTS) is 2. The van der Waals surface area contributed by atoms with Gasteiger partial charge < -0.3 is 10.2 Å². The summed E-state index contributed by atoms with van der Waals surface area (Å²) >= 11 is 0. The van der Waals surface area contributed by atoms with Crippen molar-refractivity contribution in [3.63, 3.8) is 0 Å². The van der Waals surface area contributed by atoms with E-state index < -0.39 is 11.9 Å². The molecule has 0 radical (unpaired) electrons. The van der Waals surface area contributed by atoms with Gasteiger partial charge in [-0.25, -0.2) is 9.59 Å². The summed E-state index contributed by atoms with van der Waals surface area (Å²) in [7, 11) is 0. The molecule has 2 N–H and O–H groups in total. The summed E-state index contributed by atoms with van der Waals surface area (Å²) in [5.74, 6) is -2.27. The van der Waals surface area contributed by atoms with Gasteiger partial charge in [0.15, 0.2) is 0 Å². The Hall–Kier alpha value is -1.84. The molecule has 0 aromatic heterocycles. The topological polar surface area (TPSA) is 74.6 Å². The standard InChI is InChI=1S/C9H10O4/c1-3-7(9(12)13)5-4-6(2)8(10)11/h3-5H,2H2,1H3,(H,10,11)(H,12,13)/b5-4-,7-3+. The first-order valence-electron chi connectivity index (χ1n) is 3.49. The van der Waals surface area contributed by atoms with Crippen molar-refractivity contribution < 1.29 is 19.8 Å². The van der Waals surface area contributed by atoms with E-state index in [1.165, 1.54) is 12.2 Å². The minimum atomic E-state index is -1.17. The van der Waals surface area contributed by atoms with Gasteiger partial charge in [0.25, 0.3) is 0 Å². The first kappa shape index (κ1) is 11.2. The van der Waals surface area contributed by atoms with Crippen molar-refractivity contribution in [3.8, 4) is 0 Å². The summed E-state index contributed by atoms with van der Waals surface area (Å²) < 4.78 is 0. The molecule has 0 unspecified atom stereocenters. The van der Waals surface area contributed by atoms with Crippen LogP contribution in [0.5, 0.6) is 0 Å². The third-order valence-corrected chi connectivity index (χ3v) is 1.30. The van der Waals surface area contributed by atoms with Crippen molar-refractivity contribution in [1.29, 1.82) is 0 Å². The average molecular weight is 182 g/mol. The number of aliphatic carboxylic acids is 2. The maximum atomic E-state index is 10.4. The third-order valence-electron chi connectivity index (χ3n) is 1.30. The first-order valence-corrected chi connectivity index (χ1v) is 3.49. The molecule has 0 aromatic carbocycles. The van der Waals surface area contributed by atoms with E-state index >= 15 is 0 Å². The van der Waals surface area contributed by atoms with Crippen LogP contribution in [0.2, 0.25) is 0 Å². The smallest absolute Gasteiger partial charge is 0.335 e. The molecule has 70 valence electrons. The highest BCUT2D eigenvalue weighted by Gasteiger charge is 2.02. The lowest BCUT2D eigenvalue weighted by molar-refractivity contribution is -0.133. The van der Waals surface area contributed by atoms with Gasteiger partial charge in [-0.15, -0.1) is 0 Å². The Balaban J connectivity index is 4.51. The summed E-state index contributed by atoms with van der Waals surface area (Å²) in [6.07, 6.45) is 3.71. The molecular weight excluding hydrogens is 172 g/mol. The maximum Gasteiger partial charge on any atom is 0.335 e. The van der Waals surface area contributed by atoms with Crippen LogP contribution in [-0.4, -0.2) is 22.2 Å². The van der Waals surface area contributed by atoms with Crippen LogP contribution in [0.25, 0.3) is 0 Å². The van der Waals surface area contributed by atoms with Gasteiger partial charge in [0.1, 0.15) is 0 Å². The Morgan fingerprint density at radius 2 is 1.69 bits per heavy atom. The molecule has 0 bridgehead atoms. The van der Waals surface area contributed by atoms with E-state index in [1.54, 1.807) is 6.92 Å². The minimum Gasteiger partial charge on any atom is -0.478 e. The van der Waals surface area contributed by atoms with Crippen LogP contribution in [0.1, 0.15) is 6.92 Å². The number of carboxylic acids is 2. The average Bonchev–Trinajstić information content (AvgIpc) is 2.04. The van der Waals surface area contributed by atoms with E-state index in [1.807, 2.05) is 0 Å². The third kappa shape index (κ3) is 3.91. The molecule has 0 amide bonds. The molecule has 0 atom stereocenters. The first-order chi connectivity index (χ1) is 5.99. The molecule has 0 fully saturated rings. The summed E-state index contributed by atoms with van der Waals surface area (Å²) in [5, 5.41) is 16.9.